The maximum atomic E-state index is 11.7. The first-order chi connectivity index (χ1) is 15.4. The average Bonchev–Trinajstić information content (AvgIpc) is 3.20. The van der Waals surface area contributed by atoms with Crippen LogP contribution in [0.5, 0.6) is 5.75 Å². The largest absolute Gasteiger partial charge is 0.475 e. The second-order valence-corrected chi connectivity index (χ2v) is 7.21. The molecule has 2 heterocycles. The fraction of sp³-hybridized carbons (Fsp3) is 0.348. The van der Waals surface area contributed by atoms with E-state index >= 15 is 0 Å². The number of unbranched alkanes of at least 4 members (excludes halogenated alkanes) is 1. The quantitative estimate of drug-likeness (QED) is 0.278. The number of aryl methyl sites for hydroxylation is 2. The van der Waals surface area contributed by atoms with Crippen molar-refractivity contribution in [2.24, 2.45) is 0 Å². The number of aromatic nitrogens is 3. The van der Waals surface area contributed by atoms with E-state index < -0.39 is 17.5 Å². The van der Waals surface area contributed by atoms with Crippen LogP contribution < -0.4 is 4.74 Å². The number of carbonyl (C=O) groups is 1. The number of nitro benzene ring substituents is 1. The summed E-state index contributed by atoms with van der Waals surface area (Å²) in [5.74, 6) is 0.195. The highest BCUT2D eigenvalue weighted by Gasteiger charge is 2.22. The van der Waals surface area contributed by atoms with Gasteiger partial charge in [-0.3, -0.25) is 15.1 Å². The maximum Gasteiger partial charge on any atom is 0.344 e. The van der Waals surface area contributed by atoms with Gasteiger partial charge >= 0.3 is 11.7 Å². The second kappa shape index (κ2) is 10.5. The van der Waals surface area contributed by atoms with Crippen molar-refractivity contribution < 1.29 is 19.2 Å². The molecule has 2 aromatic heterocycles. The van der Waals surface area contributed by atoms with Crippen molar-refractivity contribution in [3.63, 3.8) is 0 Å². The van der Waals surface area contributed by atoms with Gasteiger partial charge in [0.2, 0.25) is 0 Å². The average molecular weight is 438 g/mol. The van der Waals surface area contributed by atoms with E-state index in [-0.39, 0.29) is 18.0 Å². The Bertz CT molecular complexity index is 1110. The normalized spacial score (nSPS) is 10.7. The van der Waals surface area contributed by atoms with Crippen molar-refractivity contribution in [1.82, 2.24) is 15.0 Å². The Hall–Kier alpha value is -3.75. The van der Waals surface area contributed by atoms with Crippen LogP contribution in [0.15, 0.2) is 36.4 Å². The third-order valence-electron chi connectivity index (χ3n) is 4.74. The molecule has 0 aliphatic rings. The number of nitrogens with zero attached hydrogens (tertiary/aromatic N) is 3. The van der Waals surface area contributed by atoms with Gasteiger partial charge < -0.3 is 14.5 Å². The van der Waals surface area contributed by atoms with Crippen molar-refractivity contribution in [1.29, 1.82) is 0 Å². The molecule has 0 saturated carbocycles. The van der Waals surface area contributed by atoms with Crippen molar-refractivity contribution in [3.8, 4) is 28.4 Å². The van der Waals surface area contributed by atoms with E-state index in [2.05, 4.69) is 16.9 Å². The van der Waals surface area contributed by atoms with Crippen LogP contribution in [0.2, 0.25) is 0 Å². The SMILES string of the molecule is CCCCc1nc(-c2ccc(OCC(=O)OCC)c([N+](=O)[O-])c2)c(-c2cccc(C)n2)[nH]1. The number of pyridine rings is 1. The summed E-state index contributed by atoms with van der Waals surface area (Å²) in [6.45, 7) is 5.48. The molecule has 3 aromatic rings. The third kappa shape index (κ3) is 5.48. The first-order valence-corrected chi connectivity index (χ1v) is 10.5. The number of carbonyl (C=O) groups excluding carboxylic acids is 1. The first kappa shape index (κ1) is 22.9. The summed E-state index contributed by atoms with van der Waals surface area (Å²) >= 11 is 0. The summed E-state index contributed by atoms with van der Waals surface area (Å²) in [6.07, 6.45) is 2.75. The fourth-order valence-corrected chi connectivity index (χ4v) is 3.23. The van der Waals surface area contributed by atoms with Gasteiger partial charge in [0.25, 0.3) is 0 Å². The lowest BCUT2D eigenvalue weighted by molar-refractivity contribution is -0.385. The predicted octanol–water partition coefficient (Wildman–Crippen LogP) is 4.64. The molecule has 1 aromatic carbocycles. The van der Waals surface area contributed by atoms with E-state index in [1.165, 1.54) is 12.1 Å². The number of esters is 1. The molecule has 32 heavy (non-hydrogen) atoms. The number of hydrogen-bond donors (Lipinski definition) is 1. The van der Waals surface area contributed by atoms with Crippen LogP contribution >= 0.6 is 0 Å². The molecule has 0 radical (unpaired) electrons. The number of rotatable bonds is 10. The number of ether oxygens (including phenoxy) is 2. The zero-order chi connectivity index (χ0) is 23.1. The third-order valence-corrected chi connectivity index (χ3v) is 4.74. The highest BCUT2D eigenvalue weighted by Crippen LogP contribution is 2.35. The Morgan fingerprint density at radius 2 is 2.00 bits per heavy atom. The van der Waals surface area contributed by atoms with E-state index in [1.54, 1.807) is 13.0 Å². The van der Waals surface area contributed by atoms with Gasteiger partial charge in [-0.1, -0.05) is 19.4 Å². The lowest BCUT2D eigenvalue weighted by Crippen LogP contribution is -2.15. The Morgan fingerprint density at radius 1 is 1.19 bits per heavy atom. The van der Waals surface area contributed by atoms with Crippen LogP contribution in [0.4, 0.5) is 5.69 Å². The molecule has 0 spiro atoms. The summed E-state index contributed by atoms with van der Waals surface area (Å²) < 4.78 is 10.1. The Labute approximate surface area is 186 Å². The van der Waals surface area contributed by atoms with Crippen molar-refractivity contribution in [2.45, 2.75) is 40.0 Å². The number of nitro groups is 1. The van der Waals surface area contributed by atoms with Crippen LogP contribution in [0, 0.1) is 17.0 Å². The Kier molecular flexibility index (Phi) is 7.54. The number of aromatic amines is 1. The van der Waals surface area contributed by atoms with Gasteiger partial charge in [-0.2, -0.15) is 0 Å². The fourth-order valence-electron chi connectivity index (χ4n) is 3.23. The van der Waals surface area contributed by atoms with Gasteiger partial charge in [-0.15, -0.1) is 0 Å². The monoisotopic (exact) mass is 438 g/mol. The summed E-state index contributed by atoms with van der Waals surface area (Å²) in [5, 5.41) is 11.7. The summed E-state index contributed by atoms with van der Waals surface area (Å²) in [7, 11) is 0. The second-order valence-electron chi connectivity index (χ2n) is 7.21. The lowest BCUT2D eigenvalue weighted by atomic mass is 10.1. The minimum atomic E-state index is -0.591. The topological polar surface area (TPSA) is 120 Å². The van der Waals surface area contributed by atoms with E-state index in [9.17, 15) is 14.9 Å². The van der Waals surface area contributed by atoms with Crippen LogP contribution in [0.3, 0.4) is 0 Å². The van der Waals surface area contributed by atoms with E-state index in [4.69, 9.17) is 14.5 Å². The van der Waals surface area contributed by atoms with E-state index in [0.29, 0.717) is 22.6 Å². The summed E-state index contributed by atoms with van der Waals surface area (Å²) in [6, 6.07) is 10.2. The highest BCUT2D eigenvalue weighted by atomic mass is 16.6. The lowest BCUT2D eigenvalue weighted by Gasteiger charge is -2.08. The molecule has 0 aliphatic heterocycles. The van der Waals surface area contributed by atoms with Crippen molar-refractivity contribution in [2.75, 3.05) is 13.2 Å². The highest BCUT2D eigenvalue weighted by molar-refractivity contribution is 5.79. The molecule has 0 bridgehead atoms. The van der Waals surface area contributed by atoms with Crippen molar-refractivity contribution >= 4 is 11.7 Å². The van der Waals surface area contributed by atoms with E-state index in [1.807, 2.05) is 25.1 Å². The minimum Gasteiger partial charge on any atom is -0.475 e. The molecular weight excluding hydrogens is 412 g/mol. The predicted molar refractivity (Wildman–Crippen MR) is 119 cm³/mol. The van der Waals surface area contributed by atoms with Crippen molar-refractivity contribution in [3.05, 3.63) is 58.0 Å². The molecule has 0 amide bonds. The molecule has 3 rings (SSSR count). The molecule has 0 unspecified atom stereocenters. The molecule has 168 valence electrons. The number of imidazole rings is 1. The molecular formula is C23H26N4O5. The van der Waals surface area contributed by atoms with Crippen LogP contribution in [-0.4, -0.2) is 39.1 Å². The minimum absolute atomic E-state index is 0.0104. The van der Waals surface area contributed by atoms with E-state index in [0.717, 1.165) is 30.8 Å². The van der Waals surface area contributed by atoms with Gasteiger partial charge in [-0.05, 0) is 44.5 Å². The van der Waals surface area contributed by atoms with Crippen LogP contribution in [0.25, 0.3) is 22.6 Å². The zero-order valence-corrected chi connectivity index (χ0v) is 18.4. The standard InChI is InChI=1S/C23H26N4O5/c1-4-6-10-20-25-22(23(26-20)17-9-7-8-15(3)24-17)16-11-12-19(18(13-16)27(29)30)32-14-21(28)31-5-2/h7-9,11-13H,4-6,10,14H2,1-3H3,(H,25,26). The van der Waals surface area contributed by atoms with Crippen LogP contribution in [-0.2, 0) is 16.0 Å². The maximum absolute atomic E-state index is 11.7. The summed E-state index contributed by atoms with van der Waals surface area (Å²) in [5.41, 5.74) is 3.14. The summed E-state index contributed by atoms with van der Waals surface area (Å²) in [4.78, 5) is 35.4. The molecule has 0 aliphatic carbocycles. The van der Waals surface area contributed by atoms with Gasteiger partial charge in [0.1, 0.15) is 5.82 Å². The van der Waals surface area contributed by atoms with Gasteiger partial charge in [0, 0.05) is 23.7 Å². The molecule has 9 heteroatoms. The molecule has 9 nitrogen and oxygen atoms in total. The first-order valence-electron chi connectivity index (χ1n) is 10.5. The van der Waals surface area contributed by atoms with Gasteiger partial charge in [0.05, 0.1) is 28.6 Å². The number of benzene rings is 1. The number of H-pyrrole nitrogens is 1. The van der Waals surface area contributed by atoms with Gasteiger partial charge in [0.15, 0.2) is 12.4 Å². The number of nitrogens with one attached hydrogen (secondary N) is 1. The molecule has 0 fully saturated rings. The van der Waals surface area contributed by atoms with Crippen LogP contribution in [0.1, 0.15) is 38.2 Å². The Morgan fingerprint density at radius 3 is 2.69 bits per heavy atom. The molecule has 1 N–H and O–H groups in total. The molecule has 0 atom stereocenters. The Balaban J connectivity index is 2.02. The zero-order valence-electron chi connectivity index (χ0n) is 18.4. The molecule has 0 saturated heterocycles. The number of hydrogen-bond acceptors (Lipinski definition) is 7. The smallest absolute Gasteiger partial charge is 0.344 e. The van der Waals surface area contributed by atoms with Gasteiger partial charge in [-0.25, -0.2) is 9.78 Å².